The topological polar surface area (TPSA) is 6.48 Å². The monoisotopic (exact) mass is 1190 g/mol. The van der Waals surface area contributed by atoms with E-state index in [4.69, 9.17) is 0 Å². The number of nitrogens with zero attached hydrogens (tertiary/aromatic N) is 2. The summed E-state index contributed by atoms with van der Waals surface area (Å²) in [7, 11) is 0. The summed E-state index contributed by atoms with van der Waals surface area (Å²) in [6.07, 6.45) is 0. The van der Waals surface area contributed by atoms with Crippen molar-refractivity contribution in [1.29, 1.82) is 0 Å². The van der Waals surface area contributed by atoms with E-state index in [2.05, 4.69) is 355 Å². The van der Waals surface area contributed by atoms with Crippen molar-refractivity contribution in [3.63, 3.8) is 0 Å². The molecule has 2 nitrogen and oxygen atoms in total. The van der Waals surface area contributed by atoms with Crippen LogP contribution in [-0.4, -0.2) is 0 Å². The molecule has 0 unspecified atom stereocenters. The zero-order chi connectivity index (χ0) is 62.5. The van der Waals surface area contributed by atoms with Crippen LogP contribution in [0.3, 0.4) is 0 Å². The van der Waals surface area contributed by atoms with Gasteiger partial charge in [-0.25, -0.2) is 0 Å². The molecule has 0 saturated carbocycles. The molecular weight excluding hydrogens is 1120 g/mol. The minimum absolute atomic E-state index is 0.198. The number of benzene rings is 15. The van der Waals surface area contributed by atoms with Gasteiger partial charge in [0.15, 0.2) is 0 Å². The summed E-state index contributed by atoms with van der Waals surface area (Å²) in [5, 5.41) is 9.92. The molecule has 0 aliphatic heterocycles. The smallest absolute Gasteiger partial charge is 0.0468 e. The fraction of sp³-hybridized carbons (Fsp3) is 0.0989. The highest BCUT2D eigenvalue weighted by Crippen LogP contribution is 2.58. The van der Waals surface area contributed by atoms with E-state index in [-0.39, 0.29) is 16.2 Å². The van der Waals surface area contributed by atoms with E-state index < -0.39 is 0 Å². The molecule has 3 aliphatic rings. The molecule has 15 aromatic carbocycles. The zero-order valence-corrected chi connectivity index (χ0v) is 53.3. The predicted molar refractivity (Wildman–Crippen MR) is 395 cm³/mol. The number of anilines is 6. The van der Waals surface area contributed by atoms with Crippen LogP contribution in [0.2, 0.25) is 0 Å². The van der Waals surface area contributed by atoms with Crippen molar-refractivity contribution in [3.8, 4) is 66.8 Å². The van der Waals surface area contributed by atoms with Gasteiger partial charge < -0.3 is 9.80 Å². The molecule has 442 valence electrons. The first-order valence-electron chi connectivity index (χ1n) is 32.9. The Morgan fingerprint density at radius 2 is 0.559 bits per heavy atom. The third-order valence-corrected chi connectivity index (χ3v) is 21.4. The fourth-order valence-corrected chi connectivity index (χ4v) is 16.7. The van der Waals surface area contributed by atoms with Gasteiger partial charge in [0.25, 0.3) is 0 Å². The van der Waals surface area contributed by atoms with E-state index in [0.29, 0.717) is 0 Å². The van der Waals surface area contributed by atoms with Crippen LogP contribution in [0.15, 0.2) is 303 Å². The van der Waals surface area contributed by atoms with Crippen molar-refractivity contribution in [1.82, 2.24) is 0 Å². The van der Waals surface area contributed by atoms with Gasteiger partial charge in [-0.2, -0.15) is 0 Å². The first-order valence-corrected chi connectivity index (χ1v) is 32.9. The van der Waals surface area contributed by atoms with Gasteiger partial charge in [-0.15, -0.1) is 0 Å². The van der Waals surface area contributed by atoms with Gasteiger partial charge in [0.05, 0.1) is 0 Å². The quantitative estimate of drug-likeness (QED) is 0.133. The number of hydrogen-bond acceptors (Lipinski definition) is 2. The van der Waals surface area contributed by atoms with Crippen molar-refractivity contribution >= 4 is 77.2 Å². The molecule has 0 fully saturated rings. The molecule has 0 N–H and O–H groups in total. The Morgan fingerprint density at radius 3 is 1.10 bits per heavy atom. The van der Waals surface area contributed by atoms with Crippen LogP contribution in [0.1, 0.15) is 74.9 Å². The lowest BCUT2D eigenvalue weighted by Gasteiger charge is -2.29. The first kappa shape index (κ1) is 54.8. The lowest BCUT2D eigenvalue weighted by Crippen LogP contribution is -2.16. The summed E-state index contributed by atoms with van der Waals surface area (Å²) in [6, 6.07) is 115. The summed E-state index contributed by atoms with van der Waals surface area (Å²) >= 11 is 0. The lowest BCUT2D eigenvalue weighted by molar-refractivity contribution is 0.660. The maximum atomic E-state index is 2.55. The molecule has 0 atom stereocenters. The third kappa shape index (κ3) is 8.27. The van der Waals surface area contributed by atoms with Crippen LogP contribution in [0, 0.1) is 0 Å². The van der Waals surface area contributed by atoms with Crippen LogP contribution in [0.5, 0.6) is 0 Å². The molecule has 93 heavy (non-hydrogen) atoms. The highest BCUT2D eigenvalue weighted by atomic mass is 15.1. The molecule has 18 rings (SSSR count). The van der Waals surface area contributed by atoms with Gasteiger partial charge in [0, 0.05) is 50.4 Å². The SMILES string of the molecule is CC1(C)c2ccccc2-c2ccc(N(c3ccc(-c4ccccc4)cc3)c3ccc4c(-c5ccc6c(c5)C(C)(C)c5ccc7ccccc7c5-6)c5cc(N(c6ccccc6)c6ccccc6)ccc5c(-c5ccc6c(c5)C(C)(C)c5ccc7ccccc7c5-6)c4c3)cc21. The minimum atomic E-state index is -0.260. The Morgan fingerprint density at radius 1 is 0.194 bits per heavy atom. The molecule has 0 spiro atoms. The van der Waals surface area contributed by atoms with E-state index in [0.717, 1.165) is 34.1 Å². The van der Waals surface area contributed by atoms with E-state index >= 15 is 0 Å². The van der Waals surface area contributed by atoms with E-state index in [1.54, 1.807) is 0 Å². The van der Waals surface area contributed by atoms with E-state index in [9.17, 15) is 0 Å². The average Bonchev–Trinajstić information content (AvgIpc) is 1.69. The summed E-state index contributed by atoms with van der Waals surface area (Å²) in [4.78, 5) is 4.93. The summed E-state index contributed by atoms with van der Waals surface area (Å²) in [5.74, 6) is 0. The second kappa shape index (κ2) is 20.5. The van der Waals surface area contributed by atoms with Gasteiger partial charge in [-0.05, 0) is 228 Å². The second-order valence-electron chi connectivity index (χ2n) is 27.6. The largest absolute Gasteiger partial charge is 0.310 e. The van der Waals surface area contributed by atoms with Crippen molar-refractivity contribution < 1.29 is 0 Å². The molecule has 0 saturated heterocycles. The molecular formula is C91H68N2. The summed E-state index contributed by atoms with van der Waals surface area (Å²) < 4.78 is 0. The number of rotatable bonds is 9. The summed E-state index contributed by atoms with van der Waals surface area (Å²) in [6.45, 7) is 14.5. The highest BCUT2D eigenvalue weighted by Gasteiger charge is 2.40. The van der Waals surface area contributed by atoms with Crippen molar-refractivity contribution in [2.75, 3.05) is 9.80 Å². The van der Waals surface area contributed by atoms with Gasteiger partial charge in [0.1, 0.15) is 0 Å². The molecule has 0 radical (unpaired) electrons. The second-order valence-corrected chi connectivity index (χ2v) is 27.6. The maximum absolute atomic E-state index is 2.55. The fourth-order valence-electron chi connectivity index (χ4n) is 16.7. The predicted octanol–water partition coefficient (Wildman–Crippen LogP) is 25.2. The zero-order valence-electron chi connectivity index (χ0n) is 53.3. The van der Waals surface area contributed by atoms with E-state index in [1.807, 2.05) is 0 Å². The highest BCUT2D eigenvalue weighted by molar-refractivity contribution is 6.23. The molecule has 3 aliphatic carbocycles. The maximum Gasteiger partial charge on any atom is 0.0468 e. The minimum Gasteiger partial charge on any atom is -0.310 e. The van der Waals surface area contributed by atoms with Gasteiger partial charge in [0.2, 0.25) is 0 Å². The van der Waals surface area contributed by atoms with Crippen LogP contribution in [0.25, 0.3) is 110 Å². The molecule has 0 amide bonds. The normalized spacial score (nSPS) is 14.2. The van der Waals surface area contributed by atoms with E-state index in [1.165, 1.54) is 143 Å². The Balaban J connectivity index is 0.939. The lowest BCUT2D eigenvalue weighted by atomic mass is 9.79. The Labute approximate surface area is 545 Å². The molecule has 0 heterocycles. The molecule has 2 heteroatoms. The first-order chi connectivity index (χ1) is 45.4. The molecule has 0 aromatic heterocycles. The number of fused-ring (bicyclic) bond motifs is 15. The van der Waals surface area contributed by atoms with Crippen molar-refractivity contribution in [2.24, 2.45) is 0 Å². The molecule has 0 bridgehead atoms. The summed E-state index contributed by atoms with van der Waals surface area (Å²) in [5.41, 5.74) is 29.2. The number of hydrogen-bond donors (Lipinski definition) is 0. The Bertz CT molecular complexity index is 5540. The molecule has 15 aromatic rings. The van der Waals surface area contributed by atoms with Gasteiger partial charge >= 0.3 is 0 Å². The Hall–Kier alpha value is -11.1. The standard InChI is InChI=1S/C91H68N2/c1-89(2)79-33-21-20-32-71(79)72-47-42-68(56-84(72)89)93(65-40-34-58(35-41-65)57-22-10-7-11-23-57)67-44-49-74-78(55-67)86(62-37-46-76-83(53-62)91(5,6)81-51-39-60-25-17-19-31-70(60)88(76)81)73-48-43-66(92(63-26-12-8-13-27-63)64-28-14-9-15-29-64)54-77(73)85(74)61-36-45-75-82(52-61)90(3,4)80-50-38-59-24-16-18-30-69(59)87(75)80/h7-56H,1-6H3. The van der Waals surface area contributed by atoms with Crippen molar-refractivity contribution in [3.05, 3.63) is 337 Å². The Kier molecular flexibility index (Phi) is 12.1. The van der Waals surface area contributed by atoms with Crippen LogP contribution in [0.4, 0.5) is 34.1 Å². The van der Waals surface area contributed by atoms with Crippen LogP contribution in [-0.2, 0) is 16.2 Å². The van der Waals surface area contributed by atoms with Crippen molar-refractivity contribution in [2.45, 2.75) is 57.8 Å². The number of para-hydroxylation sites is 2. The third-order valence-electron chi connectivity index (χ3n) is 21.4. The van der Waals surface area contributed by atoms with Crippen LogP contribution < -0.4 is 9.80 Å². The van der Waals surface area contributed by atoms with Gasteiger partial charge in [-0.3, -0.25) is 0 Å². The van der Waals surface area contributed by atoms with Gasteiger partial charge in [-0.1, -0.05) is 260 Å². The average molecular weight is 1190 g/mol. The van der Waals surface area contributed by atoms with Crippen LogP contribution >= 0.6 is 0 Å².